The molecule has 0 aliphatic heterocycles. The Kier molecular flexibility index (Phi) is 5.41. The third kappa shape index (κ3) is 4.34. The van der Waals surface area contributed by atoms with Gasteiger partial charge < -0.3 is 4.42 Å². The lowest BCUT2D eigenvalue weighted by Crippen LogP contribution is -2.41. The summed E-state index contributed by atoms with van der Waals surface area (Å²) in [5.41, 5.74) is 3.83. The lowest BCUT2D eigenvalue weighted by Gasteiger charge is -2.08. The van der Waals surface area contributed by atoms with Crippen molar-refractivity contribution in [1.82, 2.24) is 10.9 Å². The molecule has 144 valence electrons. The highest BCUT2D eigenvalue weighted by Crippen LogP contribution is 2.32. The highest BCUT2D eigenvalue weighted by molar-refractivity contribution is 6.33. The molecule has 3 aromatic rings. The Hall–Kier alpha value is -3.26. The first-order chi connectivity index (χ1) is 13.3. The smallest absolute Gasteiger partial charge is 0.416 e. The fraction of sp³-hybridized carbons (Fsp3) is 0.0526. The van der Waals surface area contributed by atoms with Crippen molar-refractivity contribution in [2.45, 2.75) is 6.18 Å². The molecule has 0 fully saturated rings. The normalized spacial score (nSPS) is 11.1. The summed E-state index contributed by atoms with van der Waals surface area (Å²) in [6.45, 7) is 0. The first kappa shape index (κ1) is 19.5. The topological polar surface area (TPSA) is 71.3 Å². The van der Waals surface area contributed by atoms with Crippen molar-refractivity contribution in [2.24, 2.45) is 0 Å². The third-order valence-corrected chi connectivity index (χ3v) is 4.04. The maximum atomic E-state index is 12.8. The lowest BCUT2D eigenvalue weighted by atomic mass is 10.1. The van der Waals surface area contributed by atoms with Crippen LogP contribution in [-0.2, 0) is 6.18 Å². The molecule has 0 aliphatic carbocycles. The Labute approximate surface area is 162 Å². The Morgan fingerprint density at radius 3 is 2.32 bits per heavy atom. The van der Waals surface area contributed by atoms with Crippen molar-refractivity contribution < 1.29 is 27.2 Å². The van der Waals surface area contributed by atoms with Crippen LogP contribution >= 0.6 is 11.6 Å². The summed E-state index contributed by atoms with van der Waals surface area (Å²) >= 11 is 5.90. The average Bonchev–Trinajstić information content (AvgIpc) is 3.16. The SMILES string of the molecule is O=C(NNC(=O)c1ccccc1Cl)c1ccc(-c2cccc(C(F)(F)F)c2)o1. The van der Waals surface area contributed by atoms with Crippen LogP contribution in [0.1, 0.15) is 26.5 Å². The number of hydrogen-bond acceptors (Lipinski definition) is 3. The molecule has 1 heterocycles. The molecule has 0 bridgehead atoms. The highest BCUT2D eigenvalue weighted by atomic mass is 35.5. The van der Waals surface area contributed by atoms with E-state index in [1.165, 1.54) is 36.4 Å². The van der Waals surface area contributed by atoms with Crippen LogP contribution in [0.3, 0.4) is 0 Å². The molecule has 9 heteroatoms. The van der Waals surface area contributed by atoms with Gasteiger partial charge in [0.1, 0.15) is 5.76 Å². The second-order valence-corrected chi connectivity index (χ2v) is 6.04. The molecule has 1 aromatic heterocycles. The Bertz CT molecular complexity index is 1030. The Balaban J connectivity index is 1.69. The van der Waals surface area contributed by atoms with Crippen LogP contribution in [0.2, 0.25) is 5.02 Å². The lowest BCUT2D eigenvalue weighted by molar-refractivity contribution is -0.137. The molecule has 0 saturated carbocycles. The van der Waals surface area contributed by atoms with Gasteiger partial charge in [0.25, 0.3) is 5.91 Å². The minimum absolute atomic E-state index is 0.0775. The zero-order valence-electron chi connectivity index (χ0n) is 14.0. The molecule has 5 nitrogen and oxygen atoms in total. The number of carbonyl (C=O) groups excluding carboxylic acids is 2. The van der Waals surface area contributed by atoms with Gasteiger partial charge >= 0.3 is 12.1 Å². The van der Waals surface area contributed by atoms with E-state index >= 15 is 0 Å². The number of benzene rings is 2. The highest BCUT2D eigenvalue weighted by Gasteiger charge is 2.30. The molecule has 0 aliphatic rings. The largest absolute Gasteiger partial charge is 0.451 e. The van der Waals surface area contributed by atoms with E-state index in [1.807, 2.05) is 0 Å². The molecular weight excluding hydrogens is 397 g/mol. The van der Waals surface area contributed by atoms with Crippen LogP contribution < -0.4 is 10.9 Å². The molecule has 0 unspecified atom stereocenters. The first-order valence-electron chi connectivity index (χ1n) is 7.88. The van der Waals surface area contributed by atoms with Crippen molar-refractivity contribution in [3.63, 3.8) is 0 Å². The first-order valence-corrected chi connectivity index (χ1v) is 8.26. The number of nitrogens with one attached hydrogen (secondary N) is 2. The predicted octanol–water partition coefficient (Wildman–Crippen LogP) is 4.69. The summed E-state index contributed by atoms with van der Waals surface area (Å²) in [7, 11) is 0. The molecule has 2 amide bonds. The Morgan fingerprint density at radius 2 is 1.61 bits per heavy atom. The summed E-state index contributed by atoms with van der Waals surface area (Å²) in [6.07, 6.45) is -4.49. The van der Waals surface area contributed by atoms with E-state index in [2.05, 4.69) is 10.9 Å². The molecule has 0 saturated heterocycles. The second-order valence-electron chi connectivity index (χ2n) is 5.63. The minimum atomic E-state index is -4.49. The minimum Gasteiger partial charge on any atom is -0.451 e. The second kappa shape index (κ2) is 7.77. The number of furan rings is 1. The van der Waals surface area contributed by atoms with Crippen molar-refractivity contribution in [2.75, 3.05) is 0 Å². The number of amides is 2. The van der Waals surface area contributed by atoms with Gasteiger partial charge in [0.05, 0.1) is 16.1 Å². The molecule has 3 rings (SSSR count). The zero-order valence-corrected chi connectivity index (χ0v) is 14.8. The summed E-state index contributed by atoms with van der Waals surface area (Å²) < 4.78 is 43.8. The van der Waals surface area contributed by atoms with Crippen LogP contribution in [0.5, 0.6) is 0 Å². The maximum Gasteiger partial charge on any atom is 0.416 e. The van der Waals surface area contributed by atoms with E-state index in [0.29, 0.717) is 0 Å². The average molecular weight is 409 g/mol. The molecule has 0 radical (unpaired) electrons. The van der Waals surface area contributed by atoms with Crippen LogP contribution in [0.4, 0.5) is 13.2 Å². The van der Waals surface area contributed by atoms with Crippen molar-refractivity contribution in [3.8, 4) is 11.3 Å². The van der Waals surface area contributed by atoms with Crippen molar-refractivity contribution in [1.29, 1.82) is 0 Å². The monoisotopic (exact) mass is 408 g/mol. The molecule has 0 spiro atoms. The summed E-state index contributed by atoms with van der Waals surface area (Å²) in [5.74, 6) is -1.53. The fourth-order valence-corrected chi connectivity index (χ4v) is 2.57. The fourth-order valence-electron chi connectivity index (χ4n) is 2.35. The van der Waals surface area contributed by atoms with Crippen LogP contribution in [0.25, 0.3) is 11.3 Å². The molecular formula is C19H12ClF3N2O3. The van der Waals surface area contributed by atoms with Gasteiger partial charge in [-0.25, -0.2) is 0 Å². The zero-order chi connectivity index (χ0) is 20.3. The van der Waals surface area contributed by atoms with E-state index in [-0.39, 0.29) is 27.7 Å². The van der Waals surface area contributed by atoms with E-state index in [9.17, 15) is 22.8 Å². The molecule has 2 N–H and O–H groups in total. The van der Waals surface area contributed by atoms with Crippen LogP contribution in [0.15, 0.2) is 65.1 Å². The van der Waals surface area contributed by atoms with Gasteiger partial charge in [-0.2, -0.15) is 13.2 Å². The quantitative estimate of drug-likeness (QED) is 0.617. The number of rotatable bonds is 3. The van der Waals surface area contributed by atoms with E-state index in [4.69, 9.17) is 16.0 Å². The van der Waals surface area contributed by atoms with Gasteiger partial charge in [0, 0.05) is 5.56 Å². The summed E-state index contributed by atoms with van der Waals surface area (Å²) in [6, 6.07) is 13.4. The summed E-state index contributed by atoms with van der Waals surface area (Å²) in [5, 5.41) is 0.207. The van der Waals surface area contributed by atoms with Gasteiger partial charge in [0.2, 0.25) is 0 Å². The molecule has 0 atom stereocenters. The van der Waals surface area contributed by atoms with E-state index < -0.39 is 23.6 Å². The number of halogens is 4. The van der Waals surface area contributed by atoms with Crippen molar-refractivity contribution in [3.05, 3.63) is 82.6 Å². The number of alkyl halides is 3. The predicted molar refractivity (Wildman–Crippen MR) is 95.5 cm³/mol. The van der Waals surface area contributed by atoms with Crippen LogP contribution in [-0.4, -0.2) is 11.8 Å². The maximum absolute atomic E-state index is 12.8. The van der Waals surface area contributed by atoms with Gasteiger partial charge in [0.15, 0.2) is 5.76 Å². The van der Waals surface area contributed by atoms with Crippen LogP contribution in [0, 0.1) is 0 Å². The van der Waals surface area contributed by atoms with Gasteiger partial charge in [-0.15, -0.1) is 0 Å². The van der Waals surface area contributed by atoms with Gasteiger partial charge in [-0.1, -0.05) is 35.9 Å². The molecule has 28 heavy (non-hydrogen) atoms. The standard InChI is InChI=1S/C19H12ClF3N2O3/c20-14-7-2-1-6-13(14)17(26)24-25-18(27)16-9-8-15(28-16)11-4-3-5-12(10-11)19(21,22)23/h1-10H,(H,24,26)(H,25,27). The van der Waals surface area contributed by atoms with Crippen molar-refractivity contribution >= 4 is 23.4 Å². The van der Waals surface area contributed by atoms with E-state index in [0.717, 1.165) is 12.1 Å². The molecule has 2 aromatic carbocycles. The van der Waals surface area contributed by atoms with Gasteiger partial charge in [-0.05, 0) is 36.4 Å². The van der Waals surface area contributed by atoms with E-state index in [1.54, 1.807) is 12.1 Å². The number of hydrogen-bond donors (Lipinski definition) is 2. The Morgan fingerprint density at radius 1 is 0.893 bits per heavy atom. The van der Waals surface area contributed by atoms with Gasteiger partial charge in [-0.3, -0.25) is 20.4 Å². The number of carbonyl (C=O) groups is 2. The summed E-state index contributed by atoms with van der Waals surface area (Å²) in [4.78, 5) is 24.1. The third-order valence-electron chi connectivity index (χ3n) is 3.71. The number of hydrazine groups is 1.